The summed E-state index contributed by atoms with van der Waals surface area (Å²) in [6, 6.07) is 21.2. The minimum atomic E-state index is -5.31. The summed E-state index contributed by atoms with van der Waals surface area (Å²) in [4.78, 5) is 13.4. The number of hydrogen-bond acceptors (Lipinski definition) is 7. The van der Waals surface area contributed by atoms with Gasteiger partial charge in [0.25, 0.3) is 5.78 Å². The fourth-order valence-electron chi connectivity index (χ4n) is 3.57. The van der Waals surface area contributed by atoms with Crippen molar-refractivity contribution in [1.29, 1.82) is 10.5 Å². The maximum Gasteiger partial charge on any atom is 0.454 e. The van der Waals surface area contributed by atoms with E-state index in [1.54, 1.807) is 53.4 Å². The average molecular weight is 477 g/mol. The van der Waals surface area contributed by atoms with Crippen LogP contribution in [0.25, 0.3) is 5.76 Å². The zero-order chi connectivity index (χ0) is 25.3. The maximum absolute atomic E-state index is 12.9. The van der Waals surface area contributed by atoms with Crippen LogP contribution in [0.5, 0.6) is 5.75 Å². The Labute approximate surface area is 196 Å². The van der Waals surface area contributed by atoms with Gasteiger partial charge in [0.15, 0.2) is 0 Å². The number of rotatable bonds is 4. The fraction of sp³-hybridized carbons (Fsp3) is 0.0800. The van der Waals surface area contributed by atoms with E-state index in [1.165, 1.54) is 18.2 Å². The number of anilines is 3. The van der Waals surface area contributed by atoms with Crippen molar-refractivity contribution in [2.45, 2.75) is 12.5 Å². The minimum absolute atomic E-state index is 0.154. The summed E-state index contributed by atoms with van der Waals surface area (Å²) < 4.78 is 43.9. The molecule has 4 rings (SSSR count). The van der Waals surface area contributed by atoms with Gasteiger partial charge in [-0.25, -0.2) is 0 Å². The van der Waals surface area contributed by atoms with Gasteiger partial charge < -0.3 is 19.8 Å². The van der Waals surface area contributed by atoms with E-state index < -0.39 is 29.6 Å². The van der Waals surface area contributed by atoms with E-state index in [0.29, 0.717) is 28.2 Å². The van der Waals surface area contributed by atoms with Crippen LogP contribution in [0.2, 0.25) is 0 Å². The number of aliphatic hydroxyl groups is 2. The number of hydrogen-bond donors (Lipinski definition) is 2. The third-order valence-electron chi connectivity index (χ3n) is 5.23. The molecular weight excluding hydrogens is 463 g/mol. The Morgan fingerprint density at radius 3 is 1.83 bits per heavy atom. The number of carbonyl (C=O) groups excluding carboxylic acids is 1. The molecule has 174 valence electrons. The van der Waals surface area contributed by atoms with Crippen molar-refractivity contribution < 1.29 is 32.9 Å². The third-order valence-corrected chi connectivity index (χ3v) is 5.23. The predicted molar refractivity (Wildman–Crippen MR) is 118 cm³/mol. The van der Waals surface area contributed by atoms with E-state index in [9.17, 15) is 28.2 Å². The van der Waals surface area contributed by atoms with Crippen molar-refractivity contribution in [2.75, 3.05) is 4.90 Å². The van der Waals surface area contributed by atoms with Crippen molar-refractivity contribution >= 4 is 28.6 Å². The smallest absolute Gasteiger partial charge is 0.454 e. The number of ketones is 1. The second kappa shape index (κ2) is 8.86. The van der Waals surface area contributed by atoms with Gasteiger partial charge in [-0.3, -0.25) is 4.79 Å². The SMILES string of the molecule is N#Cc1ccc(N(c2ccc(C#N)cc2)c2ccc3c(c2)OC(O)C(C(=O)C(F)(F)F)=C3O)cc1. The number of ether oxygens (including phenoxy) is 1. The molecule has 0 saturated heterocycles. The Bertz CT molecular complexity index is 1360. The molecule has 1 atom stereocenters. The van der Waals surface area contributed by atoms with E-state index in [1.807, 2.05) is 12.1 Å². The molecule has 2 N–H and O–H groups in total. The van der Waals surface area contributed by atoms with E-state index in [4.69, 9.17) is 15.3 Å². The lowest BCUT2D eigenvalue weighted by Gasteiger charge is -2.29. The van der Waals surface area contributed by atoms with Gasteiger partial charge in [0.1, 0.15) is 17.1 Å². The number of halogens is 3. The second-order valence-corrected chi connectivity index (χ2v) is 7.39. The predicted octanol–water partition coefficient (Wildman–Crippen LogP) is 5.01. The number of benzene rings is 3. The molecule has 10 heteroatoms. The van der Waals surface area contributed by atoms with Crippen molar-refractivity contribution in [1.82, 2.24) is 0 Å². The lowest BCUT2D eigenvalue weighted by atomic mass is 9.99. The van der Waals surface area contributed by atoms with E-state index in [-0.39, 0.29) is 11.3 Å². The highest BCUT2D eigenvalue weighted by molar-refractivity contribution is 6.06. The molecule has 0 amide bonds. The molecule has 1 unspecified atom stereocenters. The second-order valence-electron chi connectivity index (χ2n) is 7.39. The molecule has 3 aromatic carbocycles. The van der Waals surface area contributed by atoms with Crippen LogP contribution in [0.1, 0.15) is 16.7 Å². The van der Waals surface area contributed by atoms with Gasteiger partial charge in [0, 0.05) is 23.1 Å². The van der Waals surface area contributed by atoms with Gasteiger partial charge in [-0.2, -0.15) is 23.7 Å². The zero-order valence-corrected chi connectivity index (χ0v) is 17.6. The molecule has 3 aromatic rings. The van der Waals surface area contributed by atoms with Crippen LogP contribution < -0.4 is 9.64 Å². The van der Waals surface area contributed by atoms with Crippen molar-refractivity contribution in [3.05, 3.63) is 89.0 Å². The van der Waals surface area contributed by atoms with Crippen LogP contribution in [0.3, 0.4) is 0 Å². The molecule has 0 aromatic heterocycles. The molecule has 0 fully saturated rings. The summed E-state index contributed by atoms with van der Waals surface area (Å²) in [7, 11) is 0. The van der Waals surface area contributed by atoms with Gasteiger partial charge in [0.05, 0.1) is 28.8 Å². The molecule has 7 nitrogen and oxygen atoms in total. The molecule has 35 heavy (non-hydrogen) atoms. The Balaban J connectivity index is 1.83. The number of Topliss-reactive ketones (excluding diaryl/α,β-unsaturated/α-hetero) is 1. The lowest BCUT2D eigenvalue weighted by Crippen LogP contribution is -2.36. The lowest BCUT2D eigenvalue weighted by molar-refractivity contribution is -0.169. The first-order valence-corrected chi connectivity index (χ1v) is 9.98. The number of carbonyl (C=O) groups is 1. The summed E-state index contributed by atoms with van der Waals surface area (Å²) in [5.41, 5.74) is 0.948. The molecule has 1 aliphatic rings. The van der Waals surface area contributed by atoms with Crippen molar-refractivity contribution in [3.63, 3.8) is 0 Å². The highest BCUT2D eigenvalue weighted by atomic mass is 19.4. The van der Waals surface area contributed by atoms with Gasteiger partial charge in [-0.1, -0.05) is 0 Å². The van der Waals surface area contributed by atoms with Crippen LogP contribution in [0.15, 0.2) is 72.3 Å². The average Bonchev–Trinajstić information content (AvgIpc) is 2.84. The van der Waals surface area contributed by atoms with E-state index in [0.717, 1.165) is 0 Å². The first kappa shape index (κ1) is 23.4. The van der Waals surface area contributed by atoms with E-state index in [2.05, 4.69) is 0 Å². The largest absolute Gasteiger partial charge is 0.507 e. The molecule has 0 aliphatic carbocycles. The summed E-state index contributed by atoms with van der Waals surface area (Å²) in [5.74, 6) is -3.59. The number of fused-ring (bicyclic) bond motifs is 1. The molecule has 0 radical (unpaired) electrons. The molecule has 1 aliphatic heterocycles. The molecule has 1 heterocycles. The van der Waals surface area contributed by atoms with Gasteiger partial charge >= 0.3 is 6.18 Å². The van der Waals surface area contributed by atoms with Crippen molar-refractivity contribution in [2.24, 2.45) is 0 Å². The summed E-state index contributed by atoms with van der Waals surface area (Å²) in [5, 5.41) is 38.6. The van der Waals surface area contributed by atoms with Crippen LogP contribution in [0, 0.1) is 22.7 Å². The highest BCUT2D eigenvalue weighted by Gasteiger charge is 2.47. The van der Waals surface area contributed by atoms with Gasteiger partial charge in [-0.05, 0) is 60.7 Å². The summed E-state index contributed by atoms with van der Waals surface area (Å²) in [6.45, 7) is 0. The maximum atomic E-state index is 12.9. The Morgan fingerprint density at radius 2 is 1.37 bits per heavy atom. The molecule has 0 bridgehead atoms. The summed E-state index contributed by atoms with van der Waals surface area (Å²) in [6.07, 6.45) is -7.64. The Hall–Kier alpha value is -4.80. The molecule has 0 saturated carbocycles. The summed E-state index contributed by atoms with van der Waals surface area (Å²) >= 11 is 0. The highest BCUT2D eigenvalue weighted by Crippen LogP contribution is 2.42. The van der Waals surface area contributed by atoms with Crippen LogP contribution in [-0.4, -0.2) is 28.5 Å². The van der Waals surface area contributed by atoms with Crippen LogP contribution >= 0.6 is 0 Å². The monoisotopic (exact) mass is 477 g/mol. The molecular formula is C25H14F3N3O4. The van der Waals surface area contributed by atoms with Gasteiger partial charge in [0.2, 0.25) is 6.29 Å². The quantitative estimate of drug-likeness (QED) is 0.542. The molecule has 0 spiro atoms. The van der Waals surface area contributed by atoms with Crippen LogP contribution in [0.4, 0.5) is 30.2 Å². The van der Waals surface area contributed by atoms with E-state index >= 15 is 0 Å². The fourth-order valence-corrected chi connectivity index (χ4v) is 3.57. The number of alkyl halides is 3. The first-order valence-electron chi connectivity index (χ1n) is 9.98. The van der Waals surface area contributed by atoms with Crippen LogP contribution in [-0.2, 0) is 4.79 Å². The van der Waals surface area contributed by atoms with Gasteiger partial charge in [-0.15, -0.1) is 0 Å². The minimum Gasteiger partial charge on any atom is -0.507 e. The van der Waals surface area contributed by atoms with Crippen molar-refractivity contribution in [3.8, 4) is 17.9 Å². The third kappa shape index (κ3) is 4.38. The topological polar surface area (TPSA) is 118 Å². The first-order chi connectivity index (χ1) is 16.6. The number of aliphatic hydroxyl groups excluding tert-OH is 2. The Kier molecular flexibility index (Phi) is 5.91. The normalized spacial score (nSPS) is 14.9. The number of nitriles is 2. The Morgan fingerprint density at radius 1 is 0.886 bits per heavy atom. The zero-order valence-electron chi connectivity index (χ0n) is 17.6. The number of nitrogens with zero attached hydrogens (tertiary/aromatic N) is 3. The standard InChI is InChI=1S/C25H14F3N3O4/c26-25(27,28)23(33)21-22(32)19-10-9-18(11-20(19)35-24(21)34)31(16-5-1-14(12-29)2-6-16)17-7-3-15(13-30)4-8-17/h1-11,24,32,34H.